The number of ether oxygens (including phenoxy) is 1. The van der Waals surface area contributed by atoms with Crippen molar-refractivity contribution in [3.05, 3.63) is 22.6 Å². The molecule has 0 aliphatic rings. The first kappa shape index (κ1) is 15.7. The molecule has 0 aliphatic carbocycles. The molecule has 0 saturated heterocycles. The average Bonchev–Trinajstić information content (AvgIpc) is 2.69. The molecule has 6 nitrogen and oxygen atoms in total. The second-order valence-electron chi connectivity index (χ2n) is 4.89. The van der Waals surface area contributed by atoms with Crippen LogP contribution in [-0.4, -0.2) is 35.2 Å². The predicted octanol–water partition coefficient (Wildman–Crippen LogP) is 2.04. The van der Waals surface area contributed by atoms with E-state index in [-0.39, 0.29) is 12.4 Å². The lowest BCUT2D eigenvalue weighted by Gasteiger charge is -2.22. The minimum absolute atomic E-state index is 0.0360. The number of aliphatic carboxylic acids is 1. The van der Waals surface area contributed by atoms with Crippen molar-refractivity contribution >= 4 is 27.8 Å². The Bertz CT molecular complexity index is 463. The minimum atomic E-state index is -1.16. The van der Waals surface area contributed by atoms with Gasteiger partial charge in [-0.2, -0.15) is 0 Å². The van der Waals surface area contributed by atoms with Gasteiger partial charge in [0, 0.05) is 0 Å². The van der Waals surface area contributed by atoms with Crippen molar-refractivity contribution in [2.45, 2.75) is 32.4 Å². The predicted molar refractivity (Wildman–Crippen MR) is 71.0 cm³/mol. The van der Waals surface area contributed by atoms with Crippen LogP contribution < -0.4 is 5.32 Å². The third kappa shape index (κ3) is 5.44. The van der Waals surface area contributed by atoms with Crippen LogP contribution >= 0.6 is 15.9 Å². The molecule has 1 rings (SSSR count). The van der Waals surface area contributed by atoms with E-state index in [0.29, 0.717) is 4.67 Å². The van der Waals surface area contributed by atoms with E-state index in [2.05, 4.69) is 21.2 Å². The molecule has 1 atom stereocenters. The van der Waals surface area contributed by atoms with Crippen LogP contribution in [0.3, 0.4) is 0 Å². The van der Waals surface area contributed by atoms with Gasteiger partial charge in [0.1, 0.15) is 0 Å². The summed E-state index contributed by atoms with van der Waals surface area (Å²) in [5, 5.41) is 11.4. The summed E-state index contributed by atoms with van der Waals surface area (Å²) in [6, 6.07) is 1.87. The van der Waals surface area contributed by atoms with E-state index in [1.807, 2.05) is 0 Å². The summed E-state index contributed by atoms with van der Waals surface area (Å²) in [6.07, 6.45) is 0. The highest BCUT2D eigenvalue weighted by molar-refractivity contribution is 9.10. The Balaban J connectivity index is 2.63. The molecule has 0 saturated carbocycles. The number of rotatable bonds is 5. The van der Waals surface area contributed by atoms with Gasteiger partial charge in [0.25, 0.3) is 5.91 Å². The zero-order valence-corrected chi connectivity index (χ0v) is 12.5. The molecule has 7 heteroatoms. The van der Waals surface area contributed by atoms with Gasteiger partial charge in [0.2, 0.25) is 0 Å². The molecule has 106 valence electrons. The highest BCUT2D eigenvalue weighted by Crippen LogP contribution is 2.14. The second kappa shape index (κ2) is 6.21. The number of amides is 1. The zero-order valence-electron chi connectivity index (χ0n) is 10.9. The van der Waals surface area contributed by atoms with Gasteiger partial charge >= 0.3 is 5.97 Å². The summed E-state index contributed by atoms with van der Waals surface area (Å²) >= 11 is 3.06. The third-order valence-electron chi connectivity index (χ3n) is 2.08. The SMILES string of the molecule is CC(C)(C)OC[C@H](NC(=O)c1ccc(Br)o1)C(=O)O. The molecule has 0 fully saturated rings. The molecular formula is C12H16BrNO5. The smallest absolute Gasteiger partial charge is 0.328 e. The van der Waals surface area contributed by atoms with Crippen LogP contribution in [0.25, 0.3) is 0 Å². The summed E-state index contributed by atoms with van der Waals surface area (Å²) in [5.74, 6) is -1.73. The fourth-order valence-corrected chi connectivity index (χ4v) is 1.48. The third-order valence-corrected chi connectivity index (χ3v) is 2.51. The number of nitrogens with one attached hydrogen (secondary N) is 1. The molecule has 0 aromatic carbocycles. The molecule has 1 heterocycles. The van der Waals surface area contributed by atoms with Crippen molar-refractivity contribution in [1.29, 1.82) is 0 Å². The molecule has 1 amide bonds. The standard InChI is InChI=1S/C12H16BrNO5/c1-12(2,3)18-6-7(11(16)17)14-10(15)8-4-5-9(13)19-8/h4-5,7H,6H2,1-3H3,(H,14,15)(H,16,17)/t7-/m0/s1. The van der Waals surface area contributed by atoms with Gasteiger partial charge < -0.3 is 19.6 Å². The van der Waals surface area contributed by atoms with Crippen molar-refractivity contribution in [3.63, 3.8) is 0 Å². The molecular weight excluding hydrogens is 318 g/mol. The van der Waals surface area contributed by atoms with Crippen molar-refractivity contribution in [3.8, 4) is 0 Å². The molecule has 1 aromatic rings. The Hall–Kier alpha value is -1.34. The first-order valence-corrected chi connectivity index (χ1v) is 6.41. The fraction of sp³-hybridized carbons (Fsp3) is 0.500. The Kier molecular flexibility index (Phi) is 5.13. The van der Waals surface area contributed by atoms with Crippen LogP contribution in [0.15, 0.2) is 21.2 Å². The van der Waals surface area contributed by atoms with E-state index in [9.17, 15) is 9.59 Å². The van der Waals surface area contributed by atoms with Crippen LogP contribution in [0.4, 0.5) is 0 Å². The number of carbonyl (C=O) groups is 2. The van der Waals surface area contributed by atoms with Gasteiger partial charge in [-0.1, -0.05) is 0 Å². The molecule has 19 heavy (non-hydrogen) atoms. The summed E-state index contributed by atoms with van der Waals surface area (Å²) in [6.45, 7) is 5.29. The Morgan fingerprint density at radius 2 is 2.11 bits per heavy atom. The molecule has 2 N–H and O–H groups in total. The Morgan fingerprint density at radius 3 is 2.53 bits per heavy atom. The lowest BCUT2D eigenvalue weighted by atomic mass is 10.2. The summed E-state index contributed by atoms with van der Waals surface area (Å²) < 4.78 is 10.8. The van der Waals surface area contributed by atoms with Crippen molar-refractivity contribution < 1.29 is 23.8 Å². The van der Waals surface area contributed by atoms with Crippen molar-refractivity contribution in [2.24, 2.45) is 0 Å². The van der Waals surface area contributed by atoms with Gasteiger partial charge in [-0.3, -0.25) is 4.79 Å². The average molecular weight is 334 g/mol. The lowest BCUT2D eigenvalue weighted by Crippen LogP contribution is -2.45. The number of furan rings is 1. The maximum absolute atomic E-state index is 11.8. The summed E-state index contributed by atoms with van der Waals surface area (Å²) in [7, 11) is 0. The maximum Gasteiger partial charge on any atom is 0.328 e. The van der Waals surface area contributed by atoms with E-state index >= 15 is 0 Å². The summed E-state index contributed by atoms with van der Waals surface area (Å²) in [4.78, 5) is 22.8. The topological polar surface area (TPSA) is 88.8 Å². The highest BCUT2D eigenvalue weighted by Gasteiger charge is 2.24. The molecule has 0 spiro atoms. The van der Waals surface area contributed by atoms with Gasteiger partial charge in [-0.25, -0.2) is 4.79 Å². The maximum atomic E-state index is 11.8. The van der Waals surface area contributed by atoms with Crippen LogP contribution in [0, 0.1) is 0 Å². The van der Waals surface area contributed by atoms with Crippen LogP contribution in [0.5, 0.6) is 0 Å². The monoisotopic (exact) mass is 333 g/mol. The number of carboxylic acid groups (broad SMARTS) is 1. The van der Waals surface area contributed by atoms with Crippen LogP contribution in [0.2, 0.25) is 0 Å². The second-order valence-corrected chi connectivity index (χ2v) is 5.67. The van der Waals surface area contributed by atoms with E-state index in [1.54, 1.807) is 26.8 Å². The molecule has 0 bridgehead atoms. The molecule has 0 radical (unpaired) electrons. The number of hydrogen-bond donors (Lipinski definition) is 2. The van der Waals surface area contributed by atoms with E-state index in [4.69, 9.17) is 14.3 Å². The minimum Gasteiger partial charge on any atom is -0.480 e. The summed E-state index contributed by atoms with van der Waals surface area (Å²) in [5.41, 5.74) is -0.480. The van der Waals surface area contributed by atoms with Crippen molar-refractivity contribution in [2.75, 3.05) is 6.61 Å². The van der Waals surface area contributed by atoms with Crippen molar-refractivity contribution in [1.82, 2.24) is 5.32 Å². The Morgan fingerprint density at radius 1 is 1.47 bits per heavy atom. The van der Waals surface area contributed by atoms with Gasteiger partial charge in [-0.05, 0) is 48.8 Å². The molecule has 0 unspecified atom stereocenters. The number of hydrogen-bond acceptors (Lipinski definition) is 4. The lowest BCUT2D eigenvalue weighted by molar-refractivity contribution is -0.142. The molecule has 1 aromatic heterocycles. The van der Waals surface area contributed by atoms with E-state index < -0.39 is 23.5 Å². The van der Waals surface area contributed by atoms with E-state index in [0.717, 1.165) is 0 Å². The molecule has 0 aliphatic heterocycles. The first-order valence-electron chi connectivity index (χ1n) is 5.62. The first-order chi connectivity index (χ1) is 8.69. The van der Waals surface area contributed by atoms with E-state index in [1.165, 1.54) is 6.07 Å². The van der Waals surface area contributed by atoms with Crippen LogP contribution in [0.1, 0.15) is 31.3 Å². The normalized spacial score (nSPS) is 13.1. The number of carbonyl (C=O) groups excluding carboxylic acids is 1. The van der Waals surface area contributed by atoms with Gasteiger partial charge in [-0.15, -0.1) is 0 Å². The quantitative estimate of drug-likeness (QED) is 0.860. The number of halogens is 1. The Labute approximate surface area is 119 Å². The zero-order chi connectivity index (χ0) is 14.6. The number of carboxylic acids is 1. The fourth-order valence-electron chi connectivity index (χ4n) is 1.17. The van der Waals surface area contributed by atoms with Gasteiger partial charge in [0.15, 0.2) is 16.5 Å². The highest BCUT2D eigenvalue weighted by atomic mass is 79.9. The van der Waals surface area contributed by atoms with Crippen LogP contribution in [-0.2, 0) is 9.53 Å². The van der Waals surface area contributed by atoms with Gasteiger partial charge in [0.05, 0.1) is 12.2 Å². The largest absolute Gasteiger partial charge is 0.480 e.